The summed E-state index contributed by atoms with van der Waals surface area (Å²) >= 11 is 7.75. The van der Waals surface area contributed by atoms with Crippen LogP contribution in [0.3, 0.4) is 0 Å². The largest absolute Gasteiger partial charge is 0.354 e. The average molecular weight is 447 g/mol. The SMILES string of the molecule is CCCNC(=O)C(CC)N(Cc1cccc(C)c1)C(=O)CSCc1ccccc1Cl. The first-order valence-electron chi connectivity index (χ1n) is 10.4. The Hall–Kier alpha value is -1.98. The van der Waals surface area contributed by atoms with Crippen molar-refractivity contribution in [1.29, 1.82) is 0 Å². The van der Waals surface area contributed by atoms with Crippen molar-refractivity contribution in [3.8, 4) is 0 Å². The van der Waals surface area contributed by atoms with Crippen LogP contribution in [0.1, 0.15) is 43.4 Å². The van der Waals surface area contributed by atoms with Crippen LogP contribution < -0.4 is 5.32 Å². The Labute approximate surface area is 189 Å². The number of rotatable bonds is 11. The van der Waals surface area contributed by atoms with Crippen LogP contribution in [0.5, 0.6) is 0 Å². The van der Waals surface area contributed by atoms with Crippen LogP contribution in [-0.4, -0.2) is 35.1 Å². The minimum atomic E-state index is -0.481. The van der Waals surface area contributed by atoms with E-state index in [0.717, 1.165) is 23.1 Å². The van der Waals surface area contributed by atoms with Gasteiger partial charge in [0.1, 0.15) is 6.04 Å². The van der Waals surface area contributed by atoms with Gasteiger partial charge in [0.25, 0.3) is 0 Å². The van der Waals surface area contributed by atoms with Gasteiger partial charge in [-0.2, -0.15) is 0 Å². The monoisotopic (exact) mass is 446 g/mol. The molecule has 6 heteroatoms. The van der Waals surface area contributed by atoms with Gasteiger partial charge >= 0.3 is 0 Å². The molecular weight excluding hydrogens is 416 g/mol. The normalized spacial score (nSPS) is 11.7. The summed E-state index contributed by atoms with van der Waals surface area (Å²) in [7, 11) is 0. The van der Waals surface area contributed by atoms with Crippen LogP contribution in [0.15, 0.2) is 48.5 Å². The van der Waals surface area contributed by atoms with Crippen LogP contribution in [0.2, 0.25) is 5.02 Å². The molecule has 2 aromatic carbocycles. The van der Waals surface area contributed by atoms with Gasteiger partial charge in [0.15, 0.2) is 0 Å². The third-order valence-corrected chi connectivity index (χ3v) is 6.15. The summed E-state index contributed by atoms with van der Waals surface area (Å²) < 4.78 is 0. The summed E-state index contributed by atoms with van der Waals surface area (Å²) in [5.74, 6) is 0.834. The predicted molar refractivity (Wildman–Crippen MR) is 127 cm³/mol. The standard InChI is InChI=1S/C24H31ClN2O2S/c1-4-13-26-24(29)22(5-2)27(15-19-10-8-9-18(3)14-19)23(28)17-30-16-20-11-6-7-12-21(20)25/h6-12,14,22H,4-5,13,15-17H2,1-3H3,(H,26,29). The second-order valence-electron chi connectivity index (χ2n) is 7.31. The quantitative estimate of drug-likeness (QED) is 0.515. The highest BCUT2D eigenvalue weighted by Crippen LogP contribution is 2.22. The van der Waals surface area contributed by atoms with Crippen LogP contribution in [-0.2, 0) is 21.9 Å². The molecule has 30 heavy (non-hydrogen) atoms. The fourth-order valence-corrected chi connectivity index (χ4v) is 4.44. The van der Waals surface area contributed by atoms with Gasteiger partial charge in [0.2, 0.25) is 11.8 Å². The van der Waals surface area contributed by atoms with Gasteiger partial charge in [-0.1, -0.05) is 73.5 Å². The summed E-state index contributed by atoms with van der Waals surface area (Å²) in [5, 5.41) is 3.66. The lowest BCUT2D eigenvalue weighted by Gasteiger charge is -2.30. The zero-order chi connectivity index (χ0) is 21.9. The predicted octanol–water partition coefficient (Wildman–Crippen LogP) is 5.22. The van der Waals surface area contributed by atoms with Crippen molar-refractivity contribution in [2.45, 2.75) is 52.0 Å². The molecule has 0 heterocycles. The van der Waals surface area contributed by atoms with Gasteiger partial charge in [-0.05, 0) is 37.0 Å². The van der Waals surface area contributed by atoms with E-state index in [1.165, 1.54) is 11.8 Å². The summed E-state index contributed by atoms with van der Waals surface area (Å²) in [5.41, 5.74) is 3.17. The number of hydrogen-bond acceptors (Lipinski definition) is 3. The highest BCUT2D eigenvalue weighted by molar-refractivity contribution is 7.99. The number of amides is 2. The Morgan fingerprint density at radius 1 is 1.13 bits per heavy atom. The molecule has 0 spiro atoms. The first-order valence-corrected chi connectivity index (χ1v) is 11.9. The molecule has 2 amide bonds. The Morgan fingerprint density at radius 3 is 2.57 bits per heavy atom. The Bertz CT molecular complexity index is 843. The van der Waals surface area contributed by atoms with Crippen molar-refractivity contribution in [3.05, 3.63) is 70.2 Å². The van der Waals surface area contributed by atoms with E-state index in [-0.39, 0.29) is 11.8 Å². The Kier molecular flexibility index (Phi) is 10.2. The second-order valence-corrected chi connectivity index (χ2v) is 8.70. The molecule has 0 radical (unpaired) electrons. The van der Waals surface area contributed by atoms with Crippen molar-refractivity contribution in [3.63, 3.8) is 0 Å². The van der Waals surface area contributed by atoms with E-state index >= 15 is 0 Å². The lowest BCUT2D eigenvalue weighted by Crippen LogP contribution is -2.49. The van der Waals surface area contributed by atoms with Crippen LogP contribution in [0.4, 0.5) is 0 Å². The molecule has 0 aromatic heterocycles. The van der Waals surface area contributed by atoms with Crippen molar-refractivity contribution < 1.29 is 9.59 Å². The molecule has 1 unspecified atom stereocenters. The molecule has 0 aliphatic carbocycles. The number of nitrogens with one attached hydrogen (secondary N) is 1. The number of benzene rings is 2. The molecule has 0 bridgehead atoms. The van der Waals surface area contributed by atoms with Crippen molar-refractivity contribution in [1.82, 2.24) is 10.2 Å². The van der Waals surface area contributed by atoms with Crippen molar-refractivity contribution >= 4 is 35.2 Å². The summed E-state index contributed by atoms with van der Waals surface area (Å²) in [4.78, 5) is 27.6. The number of thioether (sulfide) groups is 1. The van der Waals surface area contributed by atoms with Crippen molar-refractivity contribution in [2.75, 3.05) is 12.3 Å². The molecule has 1 N–H and O–H groups in total. The molecule has 1 atom stereocenters. The van der Waals surface area contributed by atoms with Crippen molar-refractivity contribution in [2.24, 2.45) is 0 Å². The Balaban J connectivity index is 2.12. The third kappa shape index (κ3) is 7.37. The summed E-state index contributed by atoms with van der Waals surface area (Å²) in [6.07, 6.45) is 1.43. The van der Waals surface area contributed by atoms with Crippen LogP contribution in [0.25, 0.3) is 0 Å². The van der Waals surface area contributed by atoms with E-state index in [0.29, 0.717) is 36.0 Å². The second kappa shape index (κ2) is 12.7. The molecule has 0 aliphatic heterocycles. The van der Waals surface area contributed by atoms with E-state index in [4.69, 9.17) is 11.6 Å². The zero-order valence-corrected chi connectivity index (χ0v) is 19.6. The van der Waals surface area contributed by atoms with E-state index < -0.39 is 6.04 Å². The molecule has 0 saturated heterocycles. The van der Waals surface area contributed by atoms with Gasteiger partial charge in [-0.15, -0.1) is 11.8 Å². The van der Waals surface area contributed by atoms with Gasteiger partial charge in [0, 0.05) is 23.9 Å². The smallest absolute Gasteiger partial charge is 0.242 e. The molecule has 0 saturated carbocycles. The minimum absolute atomic E-state index is 0.0351. The lowest BCUT2D eigenvalue weighted by molar-refractivity contribution is -0.139. The van der Waals surface area contributed by atoms with E-state index in [1.54, 1.807) is 4.90 Å². The zero-order valence-electron chi connectivity index (χ0n) is 18.0. The maximum Gasteiger partial charge on any atom is 0.242 e. The fourth-order valence-electron chi connectivity index (χ4n) is 3.24. The topological polar surface area (TPSA) is 49.4 Å². The molecule has 2 rings (SSSR count). The van der Waals surface area contributed by atoms with Crippen LogP contribution in [0, 0.1) is 6.92 Å². The van der Waals surface area contributed by atoms with E-state index in [1.807, 2.05) is 63.2 Å². The number of aryl methyl sites for hydroxylation is 1. The minimum Gasteiger partial charge on any atom is -0.354 e. The molecular formula is C24H31ClN2O2S. The van der Waals surface area contributed by atoms with Gasteiger partial charge in [-0.25, -0.2) is 0 Å². The lowest BCUT2D eigenvalue weighted by atomic mass is 10.1. The molecule has 2 aromatic rings. The summed E-state index contributed by atoms with van der Waals surface area (Å²) in [6, 6.07) is 15.3. The average Bonchev–Trinajstić information content (AvgIpc) is 2.73. The number of nitrogens with zero attached hydrogens (tertiary/aromatic N) is 1. The molecule has 4 nitrogen and oxygen atoms in total. The van der Waals surface area contributed by atoms with Gasteiger partial charge in [0.05, 0.1) is 5.75 Å². The van der Waals surface area contributed by atoms with E-state index in [9.17, 15) is 9.59 Å². The fraction of sp³-hybridized carbons (Fsp3) is 0.417. The first kappa shape index (κ1) is 24.3. The van der Waals surface area contributed by atoms with Crippen LogP contribution >= 0.6 is 23.4 Å². The molecule has 0 aliphatic rings. The third-order valence-electron chi connectivity index (χ3n) is 4.81. The highest BCUT2D eigenvalue weighted by atomic mass is 35.5. The maximum atomic E-state index is 13.2. The first-order chi connectivity index (χ1) is 14.5. The maximum absolute atomic E-state index is 13.2. The molecule has 0 fully saturated rings. The van der Waals surface area contributed by atoms with Gasteiger partial charge < -0.3 is 10.2 Å². The summed E-state index contributed by atoms with van der Waals surface area (Å²) in [6.45, 7) is 7.03. The van der Waals surface area contributed by atoms with Gasteiger partial charge in [-0.3, -0.25) is 9.59 Å². The number of hydrogen-bond donors (Lipinski definition) is 1. The highest BCUT2D eigenvalue weighted by Gasteiger charge is 2.28. The number of halogens is 1. The van der Waals surface area contributed by atoms with E-state index in [2.05, 4.69) is 11.4 Å². The number of carbonyl (C=O) groups is 2. The number of carbonyl (C=O) groups excluding carboxylic acids is 2. The Morgan fingerprint density at radius 2 is 1.90 bits per heavy atom. The molecule has 162 valence electrons.